The van der Waals surface area contributed by atoms with Gasteiger partial charge >= 0.3 is 19.2 Å². The molecule has 2 aromatic rings. The van der Waals surface area contributed by atoms with Gasteiger partial charge in [0.25, 0.3) is 0 Å². The lowest BCUT2D eigenvalue weighted by Gasteiger charge is -2.16. The lowest BCUT2D eigenvalue weighted by atomic mass is 10.3. The van der Waals surface area contributed by atoms with Crippen molar-refractivity contribution in [2.75, 3.05) is 0 Å². The molecule has 0 aliphatic rings. The van der Waals surface area contributed by atoms with Crippen molar-refractivity contribution in [1.82, 2.24) is 0 Å². The van der Waals surface area contributed by atoms with E-state index in [1.54, 1.807) is 36.4 Å². The highest BCUT2D eigenvalue weighted by Gasteiger charge is 2.34. The van der Waals surface area contributed by atoms with Crippen LogP contribution in [0.1, 0.15) is 0 Å². The molecule has 0 amide bonds. The van der Waals surface area contributed by atoms with E-state index in [-0.39, 0.29) is 11.5 Å². The first kappa shape index (κ1) is 14.7. The minimum atomic E-state index is -4.27. The molecule has 0 heterocycles. The van der Waals surface area contributed by atoms with Crippen LogP contribution in [0.2, 0.25) is 0 Å². The number of hydrogen-bond acceptors (Lipinski definition) is 5. The molecule has 0 aromatic heterocycles. The Morgan fingerprint density at radius 2 is 1.25 bits per heavy atom. The highest BCUT2D eigenvalue weighted by molar-refractivity contribution is 7.80. The molecule has 0 saturated heterocycles. The van der Waals surface area contributed by atoms with Crippen LogP contribution in [0.4, 0.5) is 0 Å². The summed E-state index contributed by atoms with van der Waals surface area (Å²) in [4.78, 5) is 0. The fourth-order valence-corrected chi connectivity index (χ4v) is 3.01. The summed E-state index contributed by atoms with van der Waals surface area (Å²) < 4.78 is 46.4. The van der Waals surface area contributed by atoms with Crippen LogP contribution >= 0.6 is 7.82 Å². The fourth-order valence-electron chi connectivity index (χ4n) is 1.35. The summed E-state index contributed by atoms with van der Waals surface area (Å²) in [5, 5.41) is 0. The van der Waals surface area contributed by atoms with Gasteiger partial charge in [0.15, 0.2) is 0 Å². The third kappa shape index (κ3) is 4.47. The molecule has 0 spiro atoms. The van der Waals surface area contributed by atoms with Crippen molar-refractivity contribution in [2.45, 2.75) is 0 Å². The highest BCUT2D eigenvalue weighted by Crippen LogP contribution is 2.50. The SMILES string of the molecule is O=S(O)OP(=O)(Oc1ccccc1)Oc1ccccc1. The first-order valence-corrected chi connectivity index (χ1v) is 7.97. The number of benzene rings is 2. The lowest BCUT2D eigenvalue weighted by Crippen LogP contribution is -2.06. The van der Waals surface area contributed by atoms with Crippen LogP contribution in [-0.4, -0.2) is 8.76 Å². The van der Waals surface area contributed by atoms with Gasteiger partial charge in [0.2, 0.25) is 0 Å². The predicted molar refractivity (Wildman–Crippen MR) is 73.6 cm³/mol. The van der Waals surface area contributed by atoms with Crippen LogP contribution in [-0.2, 0) is 19.9 Å². The molecule has 0 aliphatic carbocycles. The first-order valence-electron chi connectivity index (χ1n) is 5.48. The molecule has 8 heteroatoms. The van der Waals surface area contributed by atoms with Crippen molar-refractivity contribution in [3.63, 3.8) is 0 Å². The second-order valence-corrected chi connectivity index (χ2v) is 5.84. The van der Waals surface area contributed by atoms with Gasteiger partial charge in [-0.3, -0.25) is 4.55 Å². The van der Waals surface area contributed by atoms with Gasteiger partial charge in [-0.2, -0.15) is 4.21 Å². The Kier molecular flexibility index (Phi) is 4.92. The molecule has 0 saturated carbocycles. The van der Waals surface area contributed by atoms with Crippen LogP contribution in [0.25, 0.3) is 0 Å². The normalized spacial score (nSPS) is 12.7. The van der Waals surface area contributed by atoms with Gasteiger partial charge in [-0.15, -0.1) is 3.97 Å². The smallest absolute Gasteiger partial charge is 0.394 e. The van der Waals surface area contributed by atoms with Crippen molar-refractivity contribution in [3.8, 4) is 11.5 Å². The summed E-state index contributed by atoms with van der Waals surface area (Å²) in [7, 11) is -4.27. The van der Waals surface area contributed by atoms with Gasteiger partial charge in [-0.25, -0.2) is 4.57 Å². The fraction of sp³-hybridized carbons (Fsp3) is 0. The molecule has 2 aromatic carbocycles. The molecule has 106 valence electrons. The van der Waals surface area contributed by atoms with E-state index in [0.717, 1.165) is 0 Å². The highest BCUT2D eigenvalue weighted by atomic mass is 32.2. The van der Waals surface area contributed by atoms with E-state index < -0.39 is 19.2 Å². The zero-order valence-corrected chi connectivity index (χ0v) is 11.8. The van der Waals surface area contributed by atoms with Gasteiger partial charge in [0.05, 0.1) is 0 Å². The molecule has 0 fully saturated rings. The zero-order valence-electron chi connectivity index (χ0n) is 10.1. The van der Waals surface area contributed by atoms with Crippen LogP contribution in [0, 0.1) is 0 Å². The summed E-state index contributed by atoms with van der Waals surface area (Å²) in [5.74, 6) is 0.384. The number of rotatable bonds is 6. The molecule has 1 atom stereocenters. The second kappa shape index (κ2) is 6.67. The quantitative estimate of drug-likeness (QED) is 0.650. The molecule has 2 rings (SSSR count). The van der Waals surface area contributed by atoms with Gasteiger partial charge < -0.3 is 9.05 Å². The minimum absolute atomic E-state index is 0.192. The third-order valence-corrected chi connectivity index (χ3v) is 4.19. The molecular formula is C12H11O6PS. The maximum Gasteiger partial charge on any atom is 0.602 e. The standard InChI is InChI=1S/C12H11O6PS/c13-19(18-20(14)15,16-11-7-3-1-4-8-11)17-12-9-5-2-6-10-12/h1-10H,(H,14,15). The molecule has 6 nitrogen and oxygen atoms in total. The third-order valence-electron chi connectivity index (χ3n) is 2.08. The van der Waals surface area contributed by atoms with E-state index in [0.29, 0.717) is 0 Å². The van der Waals surface area contributed by atoms with Crippen molar-refractivity contribution in [1.29, 1.82) is 0 Å². The molecule has 0 aliphatic heterocycles. The average molecular weight is 314 g/mol. The number of hydrogen-bond donors (Lipinski definition) is 1. The molecular weight excluding hydrogens is 303 g/mol. The van der Waals surface area contributed by atoms with Crippen molar-refractivity contribution >= 4 is 19.2 Å². The average Bonchev–Trinajstić information content (AvgIpc) is 2.39. The van der Waals surface area contributed by atoms with Crippen LogP contribution in [0.15, 0.2) is 60.7 Å². The topological polar surface area (TPSA) is 82.1 Å². The summed E-state index contributed by atoms with van der Waals surface area (Å²) in [6.45, 7) is 0. The Balaban J connectivity index is 2.21. The van der Waals surface area contributed by atoms with Gasteiger partial charge in [0.1, 0.15) is 11.5 Å². The Morgan fingerprint density at radius 1 is 0.850 bits per heavy atom. The maximum absolute atomic E-state index is 12.3. The monoisotopic (exact) mass is 314 g/mol. The summed E-state index contributed by atoms with van der Waals surface area (Å²) in [5.41, 5.74) is 0. The van der Waals surface area contributed by atoms with E-state index in [2.05, 4.69) is 3.97 Å². The summed E-state index contributed by atoms with van der Waals surface area (Å²) >= 11 is -2.80. The van der Waals surface area contributed by atoms with Crippen molar-refractivity contribution in [2.24, 2.45) is 0 Å². The van der Waals surface area contributed by atoms with E-state index in [1.807, 2.05) is 0 Å². The number of phosphoric acid groups is 1. The molecule has 0 bridgehead atoms. The lowest BCUT2D eigenvalue weighted by molar-refractivity contribution is 0.296. The summed E-state index contributed by atoms with van der Waals surface area (Å²) in [6.07, 6.45) is 0. The Hall–Kier alpha value is -1.66. The minimum Gasteiger partial charge on any atom is -0.394 e. The van der Waals surface area contributed by atoms with Crippen molar-refractivity contribution < 1.29 is 26.3 Å². The van der Waals surface area contributed by atoms with E-state index in [4.69, 9.17) is 13.6 Å². The van der Waals surface area contributed by atoms with Crippen LogP contribution in [0.5, 0.6) is 11.5 Å². The van der Waals surface area contributed by atoms with Crippen LogP contribution < -0.4 is 9.05 Å². The second-order valence-electron chi connectivity index (χ2n) is 3.55. The van der Waals surface area contributed by atoms with Crippen molar-refractivity contribution in [3.05, 3.63) is 60.7 Å². The van der Waals surface area contributed by atoms with Gasteiger partial charge in [0, 0.05) is 0 Å². The van der Waals surface area contributed by atoms with Crippen LogP contribution in [0.3, 0.4) is 0 Å². The zero-order chi connectivity index (χ0) is 14.4. The molecule has 0 radical (unpaired) electrons. The summed E-state index contributed by atoms with van der Waals surface area (Å²) in [6, 6.07) is 16.2. The van der Waals surface area contributed by atoms with Gasteiger partial charge in [-0.1, -0.05) is 36.4 Å². The number of phosphoric ester groups is 1. The predicted octanol–water partition coefficient (Wildman–Crippen LogP) is 3.41. The largest absolute Gasteiger partial charge is 0.602 e. The molecule has 1 unspecified atom stereocenters. The van der Waals surface area contributed by atoms with E-state index in [1.165, 1.54) is 24.3 Å². The first-order chi connectivity index (χ1) is 9.57. The Labute approximate surface area is 118 Å². The Bertz CT molecular complexity index is 573. The van der Waals surface area contributed by atoms with Gasteiger partial charge in [-0.05, 0) is 24.3 Å². The van der Waals surface area contributed by atoms with E-state index >= 15 is 0 Å². The number of para-hydroxylation sites is 2. The maximum atomic E-state index is 12.3. The van der Waals surface area contributed by atoms with E-state index in [9.17, 15) is 8.77 Å². The Morgan fingerprint density at radius 3 is 1.60 bits per heavy atom. The molecule has 20 heavy (non-hydrogen) atoms. The molecule has 1 N–H and O–H groups in total.